The molecule has 0 aliphatic carbocycles. The van der Waals surface area contributed by atoms with E-state index in [4.69, 9.17) is 4.74 Å². The van der Waals surface area contributed by atoms with Crippen LogP contribution in [0.4, 0.5) is 0 Å². The van der Waals surface area contributed by atoms with Gasteiger partial charge in [0, 0.05) is 13.1 Å². The summed E-state index contributed by atoms with van der Waals surface area (Å²) in [5.41, 5.74) is 2.37. The van der Waals surface area contributed by atoms with Crippen LogP contribution in [-0.2, 0) is 21.4 Å². The molecule has 29 heavy (non-hydrogen) atoms. The topological polar surface area (TPSA) is 49.8 Å². The van der Waals surface area contributed by atoms with Crippen molar-refractivity contribution in [2.45, 2.75) is 32.1 Å². The minimum absolute atomic E-state index is 0. The highest BCUT2D eigenvalue weighted by Crippen LogP contribution is 2.40. The summed E-state index contributed by atoms with van der Waals surface area (Å²) >= 11 is 0. The van der Waals surface area contributed by atoms with Gasteiger partial charge in [0.15, 0.2) is 0 Å². The maximum Gasteiger partial charge on any atom is 0.310 e. The van der Waals surface area contributed by atoms with Crippen LogP contribution in [0.5, 0.6) is 5.75 Å². The van der Waals surface area contributed by atoms with E-state index in [1.54, 1.807) is 6.07 Å². The second-order valence-electron chi connectivity index (χ2n) is 8.29. The Morgan fingerprint density at radius 1 is 1.24 bits per heavy atom. The van der Waals surface area contributed by atoms with Crippen LogP contribution in [0.1, 0.15) is 31.4 Å². The molecule has 2 unspecified atom stereocenters. The van der Waals surface area contributed by atoms with E-state index in [2.05, 4.69) is 36.9 Å². The molecule has 0 bridgehead atoms. The molecule has 0 aromatic heterocycles. The second kappa shape index (κ2) is 10.1. The van der Waals surface area contributed by atoms with Gasteiger partial charge >= 0.3 is 5.97 Å². The van der Waals surface area contributed by atoms with E-state index >= 15 is 0 Å². The largest absolute Gasteiger partial charge is 0.508 e. The molecule has 2 aromatic rings. The van der Waals surface area contributed by atoms with Crippen LogP contribution in [0.2, 0.25) is 0 Å². The Balaban J connectivity index is 0.00000300. The van der Waals surface area contributed by atoms with Crippen molar-refractivity contribution in [2.75, 3.05) is 26.7 Å². The molecular weight excluding hydrogens is 386 g/mol. The molecule has 0 amide bonds. The molecule has 5 heteroatoms. The lowest BCUT2D eigenvalue weighted by atomic mass is 9.68. The van der Waals surface area contributed by atoms with E-state index in [0.29, 0.717) is 24.6 Å². The van der Waals surface area contributed by atoms with Crippen LogP contribution in [0.25, 0.3) is 0 Å². The molecule has 4 nitrogen and oxygen atoms in total. The Labute approximate surface area is 180 Å². The van der Waals surface area contributed by atoms with Crippen LogP contribution in [0, 0.1) is 11.8 Å². The first-order valence-corrected chi connectivity index (χ1v) is 10.1. The Morgan fingerprint density at radius 2 is 1.97 bits per heavy atom. The highest BCUT2D eigenvalue weighted by Gasteiger charge is 2.39. The van der Waals surface area contributed by atoms with Gasteiger partial charge in [-0.3, -0.25) is 4.79 Å². The summed E-state index contributed by atoms with van der Waals surface area (Å²) in [5, 5.41) is 9.88. The third kappa shape index (κ3) is 5.52. The third-order valence-electron chi connectivity index (χ3n) is 6.41. The lowest BCUT2D eigenvalue weighted by Crippen LogP contribution is -2.49. The molecule has 1 N–H and O–H groups in total. The Bertz CT molecular complexity index is 798. The number of hydrogen-bond donors (Lipinski definition) is 1. The first kappa shape index (κ1) is 23.2. The summed E-state index contributed by atoms with van der Waals surface area (Å²) in [4.78, 5) is 14.8. The standard InChI is InChI=1S/C24H31NO3.ClH/c1-18-16-25(13-12-24(18,2)21-10-7-11-22(26)15-21)17-20(23(27)28-3)14-19-8-5-4-6-9-19;/h4-11,15,18,20,26H,12-14,16-17H2,1-3H3;1H/t18?,20?,24-;/m1./s1. The van der Waals surface area contributed by atoms with Crippen LogP contribution in [0.3, 0.4) is 0 Å². The molecule has 0 spiro atoms. The Hall–Kier alpha value is -2.04. The van der Waals surface area contributed by atoms with Crippen LogP contribution in [-0.4, -0.2) is 42.7 Å². The number of phenolic OH excluding ortho intramolecular Hbond substituents is 1. The monoisotopic (exact) mass is 417 g/mol. The number of hydrogen-bond acceptors (Lipinski definition) is 4. The molecule has 1 aliphatic rings. The molecule has 1 heterocycles. The molecule has 0 saturated carbocycles. The van der Waals surface area contributed by atoms with Gasteiger partial charge in [-0.25, -0.2) is 0 Å². The van der Waals surface area contributed by atoms with Crippen LogP contribution >= 0.6 is 12.4 Å². The predicted octanol–water partition coefficient (Wildman–Crippen LogP) is 4.45. The van der Waals surface area contributed by atoms with Crippen molar-refractivity contribution in [2.24, 2.45) is 11.8 Å². The van der Waals surface area contributed by atoms with Crippen molar-refractivity contribution < 1.29 is 14.6 Å². The number of esters is 1. The number of piperidine rings is 1. The van der Waals surface area contributed by atoms with Crippen molar-refractivity contribution in [1.82, 2.24) is 4.90 Å². The maximum atomic E-state index is 12.4. The van der Waals surface area contributed by atoms with Crippen molar-refractivity contribution in [3.63, 3.8) is 0 Å². The van der Waals surface area contributed by atoms with E-state index in [9.17, 15) is 9.90 Å². The average molecular weight is 418 g/mol. The third-order valence-corrected chi connectivity index (χ3v) is 6.41. The van der Waals surface area contributed by atoms with E-state index in [1.165, 1.54) is 12.7 Å². The quantitative estimate of drug-likeness (QED) is 0.705. The first-order chi connectivity index (χ1) is 13.4. The fraction of sp³-hybridized carbons (Fsp3) is 0.458. The molecule has 1 aliphatic heterocycles. The number of halogens is 1. The normalized spacial score (nSPS) is 23.1. The first-order valence-electron chi connectivity index (χ1n) is 10.1. The van der Waals surface area contributed by atoms with Crippen molar-refractivity contribution in [3.8, 4) is 5.75 Å². The van der Waals surface area contributed by atoms with Crippen LogP contribution < -0.4 is 0 Å². The van der Waals surface area contributed by atoms with Crippen molar-refractivity contribution >= 4 is 18.4 Å². The second-order valence-corrected chi connectivity index (χ2v) is 8.29. The summed E-state index contributed by atoms with van der Waals surface area (Å²) in [6.07, 6.45) is 1.69. The number of carbonyl (C=O) groups excluding carboxylic acids is 1. The number of methoxy groups -OCH3 is 1. The number of rotatable bonds is 6. The van der Waals surface area contributed by atoms with Gasteiger partial charge in [0.1, 0.15) is 5.75 Å². The molecule has 158 valence electrons. The maximum absolute atomic E-state index is 12.4. The zero-order valence-electron chi connectivity index (χ0n) is 17.5. The smallest absolute Gasteiger partial charge is 0.310 e. The summed E-state index contributed by atoms with van der Waals surface area (Å²) in [6.45, 7) is 7.11. The highest BCUT2D eigenvalue weighted by atomic mass is 35.5. The number of benzene rings is 2. The number of carbonyl (C=O) groups is 1. The zero-order valence-corrected chi connectivity index (χ0v) is 18.3. The van der Waals surface area contributed by atoms with Crippen molar-refractivity contribution in [1.29, 1.82) is 0 Å². The minimum Gasteiger partial charge on any atom is -0.508 e. The summed E-state index contributed by atoms with van der Waals surface area (Å²) in [6, 6.07) is 17.8. The van der Waals surface area contributed by atoms with Gasteiger partial charge in [-0.2, -0.15) is 0 Å². The number of ether oxygens (including phenoxy) is 1. The SMILES string of the molecule is COC(=O)C(Cc1ccccc1)CN1CC[C@@](C)(c2cccc(O)c2)C(C)C1.Cl. The molecular formula is C24H32ClNO3. The molecule has 1 fully saturated rings. The summed E-state index contributed by atoms with van der Waals surface area (Å²) < 4.78 is 5.08. The molecule has 0 radical (unpaired) electrons. The zero-order chi connectivity index (χ0) is 20.1. The van der Waals surface area contributed by atoms with E-state index in [-0.39, 0.29) is 29.7 Å². The van der Waals surface area contributed by atoms with Gasteiger partial charge < -0.3 is 14.7 Å². The predicted molar refractivity (Wildman–Crippen MR) is 119 cm³/mol. The van der Waals surface area contributed by atoms with Gasteiger partial charge in [0.2, 0.25) is 0 Å². The Morgan fingerprint density at radius 3 is 2.59 bits per heavy atom. The fourth-order valence-corrected chi connectivity index (χ4v) is 4.37. The Kier molecular flexibility index (Phi) is 8.12. The number of phenols is 1. The van der Waals surface area contributed by atoms with Crippen molar-refractivity contribution in [3.05, 3.63) is 65.7 Å². The minimum atomic E-state index is -0.162. The summed E-state index contributed by atoms with van der Waals surface area (Å²) in [7, 11) is 1.47. The molecule has 2 aromatic carbocycles. The van der Waals surface area contributed by atoms with Gasteiger partial charge in [-0.05, 0) is 54.0 Å². The van der Waals surface area contributed by atoms with Gasteiger partial charge in [0.05, 0.1) is 13.0 Å². The molecule has 3 rings (SSSR count). The number of nitrogens with zero attached hydrogens (tertiary/aromatic N) is 1. The van der Waals surface area contributed by atoms with E-state index < -0.39 is 0 Å². The van der Waals surface area contributed by atoms with Gasteiger partial charge in [-0.1, -0.05) is 56.3 Å². The van der Waals surface area contributed by atoms with Gasteiger partial charge in [-0.15, -0.1) is 12.4 Å². The van der Waals surface area contributed by atoms with E-state index in [1.807, 2.05) is 30.3 Å². The highest BCUT2D eigenvalue weighted by molar-refractivity contribution is 5.85. The average Bonchev–Trinajstić information content (AvgIpc) is 2.70. The van der Waals surface area contributed by atoms with E-state index in [0.717, 1.165) is 25.1 Å². The molecule has 3 atom stereocenters. The number of likely N-dealkylation sites (tertiary alicyclic amines) is 1. The molecule has 1 saturated heterocycles. The fourth-order valence-electron chi connectivity index (χ4n) is 4.37. The number of aromatic hydroxyl groups is 1. The lowest BCUT2D eigenvalue weighted by molar-refractivity contribution is -0.146. The lowest BCUT2D eigenvalue weighted by Gasteiger charge is -2.45. The van der Waals surface area contributed by atoms with Gasteiger partial charge in [0.25, 0.3) is 0 Å². The summed E-state index contributed by atoms with van der Waals surface area (Å²) in [5.74, 6) is 0.433. The van der Waals surface area contributed by atoms with Crippen LogP contribution in [0.15, 0.2) is 54.6 Å².